The molecule has 7 heteroatoms. The van der Waals surface area contributed by atoms with Gasteiger partial charge >= 0.3 is 5.97 Å². The molecule has 0 bridgehead atoms. The normalized spacial score (nSPS) is 11.7. The molecular weight excluding hydrogens is 362 g/mol. The van der Waals surface area contributed by atoms with Gasteiger partial charge in [-0.1, -0.05) is 30.3 Å². The summed E-state index contributed by atoms with van der Waals surface area (Å²) in [7, 11) is 0. The van der Waals surface area contributed by atoms with Crippen molar-refractivity contribution in [3.8, 4) is 0 Å². The Labute approximate surface area is 161 Å². The Balaban J connectivity index is 1.69. The summed E-state index contributed by atoms with van der Waals surface area (Å²) in [5.74, 6) is -0.470. The molecule has 2 heterocycles. The van der Waals surface area contributed by atoms with Gasteiger partial charge in [0.1, 0.15) is 6.04 Å². The van der Waals surface area contributed by atoms with Gasteiger partial charge in [-0.3, -0.25) is 9.59 Å². The molecule has 6 nitrogen and oxygen atoms in total. The Kier molecular flexibility index (Phi) is 6.38. The van der Waals surface area contributed by atoms with Crippen molar-refractivity contribution in [3.63, 3.8) is 0 Å². The highest BCUT2D eigenvalue weighted by molar-refractivity contribution is 7.13. The third-order valence-corrected chi connectivity index (χ3v) is 4.78. The summed E-state index contributed by atoms with van der Waals surface area (Å²) < 4.78 is 6.81. The number of nitrogens with zero attached hydrogens (tertiary/aromatic N) is 2. The fourth-order valence-corrected chi connectivity index (χ4v) is 3.43. The number of nitrogens with one attached hydrogen (secondary N) is 1. The third kappa shape index (κ3) is 5.27. The van der Waals surface area contributed by atoms with E-state index in [1.165, 1.54) is 11.3 Å². The standard InChI is InChI=1S/C20H21N3O3S/c1-2-26-18(24)13-16-14-27-20(21-16)22-19(25)17(23-10-6-7-11-23)12-15-8-4-3-5-9-15/h3-11,14,17H,2,12-13H2,1H3,(H,21,22,25)/t17-/m1/s1. The molecule has 1 atom stereocenters. The van der Waals surface area contributed by atoms with Gasteiger partial charge in [0.2, 0.25) is 5.91 Å². The molecule has 140 valence electrons. The number of aromatic nitrogens is 2. The van der Waals surface area contributed by atoms with Crippen LogP contribution >= 0.6 is 11.3 Å². The molecule has 0 fully saturated rings. The van der Waals surface area contributed by atoms with E-state index in [9.17, 15) is 9.59 Å². The lowest BCUT2D eigenvalue weighted by atomic mass is 10.1. The minimum atomic E-state index is -0.389. The molecule has 0 unspecified atom stereocenters. The summed E-state index contributed by atoms with van der Waals surface area (Å²) in [5.41, 5.74) is 1.67. The number of ether oxygens (including phenoxy) is 1. The van der Waals surface area contributed by atoms with E-state index in [0.717, 1.165) is 5.56 Å². The summed E-state index contributed by atoms with van der Waals surface area (Å²) in [6.45, 7) is 2.10. The van der Waals surface area contributed by atoms with Crippen molar-refractivity contribution >= 4 is 28.3 Å². The molecule has 0 aliphatic heterocycles. The van der Waals surface area contributed by atoms with Crippen molar-refractivity contribution < 1.29 is 14.3 Å². The van der Waals surface area contributed by atoms with Crippen LogP contribution in [0.15, 0.2) is 60.2 Å². The van der Waals surface area contributed by atoms with E-state index in [-0.39, 0.29) is 24.3 Å². The number of amides is 1. The maximum atomic E-state index is 12.9. The minimum absolute atomic E-state index is 0.102. The van der Waals surface area contributed by atoms with Crippen LogP contribution in [0.5, 0.6) is 0 Å². The highest BCUT2D eigenvalue weighted by atomic mass is 32.1. The van der Waals surface area contributed by atoms with Crippen molar-refractivity contribution in [2.75, 3.05) is 11.9 Å². The van der Waals surface area contributed by atoms with Gasteiger partial charge in [-0.2, -0.15) is 0 Å². The van der Waals surface area contributed by atoms with E-state index in [0.29, 0.717) is 23.9 Å². The maximum Gasteiger partial charge on any atom is 0.311 e. The number of rotatable bonds is 8. The maximum absolute atomic E-state index is 12.9. The van der Waals surface area contributed by atoms with E-state index < -0.39 is 0 Å². The van der Waals surface area contributed by atoms with Crippen LogP contribution in [0.1, 0.15) is 24.2 Å². The third-order valence-electron chi connectivity index (χ3n) is 3.97. The van der Waals surface area contributed by atoms with Gasteiger partial charge in [0.15, 0.2) is 5.13 Å². The smallest absolute Gasteiger partial charge is 0.311 e. The molecule has 3 rings (SSSR count). The Morgan fingerprint density at radius 2 is 1.93 bits per heavy atom. The lowest BCUT2D eigenvalue weighted by molar-refractivity contribution is -0.142. The molecule has 1 aromatic carbocycles. The number of hydrogen-bond acceptors (Lipinski definition) is 5. The average Bonchev–Trinajstić information content (AvgIpc) is 3.33. The van der Waals surface area contributed by atoms with Crippen LogP contribution in [-0.2, 0) is 27.2 Å². The molecule has 2 aromatic heterocycles. The van der Waals surface area contributed by atoms with Crippen LogP contribution in [0.4, 0.5) is 5.13 Å². The zero-order chi connectivity index (χ0) is 19.1. The number of esters is 1. The van der Waals surface area contributed by atoms with Crippen molar-refractivity contribution in [2.24, 2.45) is 0 Å². The van der Waals surface area contributed by atoms with E-state index in [2.05, 4.69) is 10.3 Å². The first-order valence-corrected chi connectivity index (χ1v) is 9.61. The van der Waals surface area contributed by atoms with Crippen LogP contribution in [-0.4, -0.2) is 28.0 Å². The van der Waals surface area contributed by atoms with Gasteiger partial charge in [0, 0.05) is 24.2 Å². The van der Waals surface area contributed by atoms with Gasteiger partial charge in [-0.05, 0) is 24.6 Å². The summed E-state index contributed by atoms with van der Waals surface area (Å²) in [5, 5.41) is 5.11. The van der Waals surface area contributed by atoms with Crippen molar-refractivity contribution in [3.05, 3.63) is 71.5 Å². The highest BCUT2D eigenvalue weighted by Crippen LogP contribution is 2.21. The van der Waals surface area contributed by atoms with Gasteiger partial charge in [-0.15, -0.1) is 11.3 Å². The number of benzene rings is 1. The van der Waals surface area contributed by atoms with Crippen LogP contribution in [0.2, 0.25) is 0 Å². The summed E-state index contributed by atoms with van der Waals surface area (Å²) >= 11 is 1.30. The van der Waals surface area contributed by atoms with Crippen molar-refractivity contribution in [1.29, 1.82) is 0 Å². The van der Waals surface area contributed by atoms with Gasteiger partial charge < -0.3 is 14.6 Å². The van der Waals surface area contributed by atoms with Crippen LogP contribution in [0.3, 0.4) is 0 Å². The zero-order valence-electron chi connectivity index (χ0n) is 15.0. The van der Waals surface area contributed by atoms with Gasteiger partial charge in [0.05, 0.1) is 18.7 Å². The highest BCUT2D eigenvalue weighted by Gasteiger charge is 2.21. The second-order valence-corrected chi connectivity index (χ2v) is 6.81. The SMILES string of the molecule is CCOC(=O)Cc1csc(NC(=O)[C@@H](Cc2ccccc2)n2cccc2)n1. The quantitative estimate of drug-likeness (QED) is 0.605. The predicted octanol–water partition coefficient (Wildman–Crippen LogP) is 3.47. The van der Waals surface area contributed by atoms with E-state index >= 15 is 0 Å². The van der Waals surface area contributed by atoms with Gasteiger partial charge in [0.25, 0.3) is 0 Å². The van der Waals surface area contributed by atoms with Crippen molar-refractivity contribution in [1.82, 2.24) is 9.55 Å². The topological polar surface area (TPSA) is 73.2 Å². The molecule has 0 saturated carbocycles. The van der Waals surface area contributed by atoms with E-state index in [4.69, 9.17) is 4.74 Å². The van der Waals surface area contributed by atoms with Crippen molar-refractivity contribution in [2.45, 2.75) is 25.8 Å². The second-order valence-electron chi connectivity index (χ2n) is 5.95. The first-order chi connectivity index (χ1) is 13.2. The number of anilines is 1. The molecule has 1 amide bonds. The molecular formula is C20H21N3O3S. The molecule has 3 aromatic rings. The fourth-order valence-electron chi connectivity index (χ4n) is 2.72. The Bertz CT molecular complexity index is 875. The molecule has 0 saturated heterocycles. The molecule has 0 aliphatic rings. The lowest BCUT2D eigenvalue weighted by Crippen LogP contribution is -2.27. The summed E-state index contributed by atoms with van der Waals surface area (Å²) in [6.07, 6.45) is 4.43. The Morgan fingerprint density at radius 3 is 2.63 bits per heavy atom. The van der Waals surface area contributed by atoms with Gasteiger partial charge in [-0.25, -0.2) is 4.98 Å². The number of thiazole rings is 1. The molecule has 0 spiro atoms. The largest absolute Gasteiger partial charge is 0.466 e. The molecule has 0 aliphatic carbocycles. The molecule has 27 heavy (non-hydrogen) atoms. The Morgan fingerprint density at radius 1 is 1.19 bits per heavy atom. The van der Waals surface area contributed by atoms with Crippen LogP contribution in [0, 0.1) is 0 Å². The predicted molar refractivity (Wildman–Crippen MR) is 105 cm³/mol. The summed E-state index contributed by atoms with van der Waals surface area (Å²) in [4.78, 5) is 28.8. The molecule has 0 radical (unpaired) electrons. The Hall–Kier alpha value is -2.93. The zero-order valence-corrected chi connectivity index (χ0v) is 15.8. The molecule has 1 N–H and O–H groups in total. The lowest BCUT2D eigenvalue weighted by Gasteiger charge is -2.18. The number of carbonyl (C=O) groups excluding carboxylic acids is 2. The van der Waals surface area contributed by atoms with E-state index in [1.807, 2.05) is 59.4 Å². The van der Waals surface area contributed by atoms with Crippen LogP contribution < -0.4 is 5.32 Å². The second kappa shape index (κ2) is 9.14. The number of hydrogen-bond donors (Lipinski definition) is 1. The average molecular weight is 383 g/mol. The van der Waals surface area contributed by atoms with Crippen LogP contribution in [0.25, 0.3) is 0 Å². The first kappa shape index (κ1) is 18.8. The number of carbonyl (C=O) groups is 2. The minimum Gasteiger partial charge on any atom is -0.466 e. The monoisotopic (exact) mass is 383 g/mol. The first-order valence-electron chi connectivity index (χ1n) is 8.73. The van der Waals surface area contributed by atoms with E-state index in [1.54, 1.807) is 12.3 Å². The summed E-state index contributed by atoms with van der Waals surface area (Å²) in [6, 6.07) is 13.3. The fraction of sp³-hybridized carbons (Fsp3) is 0.250.